The lowest BCUT2D eigenvalue weighted by Crippen LogP contribution is -2.35. The van der Waals surface area contributed by atoms with Gasteiger partial charge in [-0.1, -0.05) is 0 Å². The minimum Gasteiger partial charge on any atom is -0.481 e. The highest BCUT2D eigenvalue weighted by atomic mass is 32.1. The van der Waals surface area contributed by atoms with Gasteiger partial charge in [0.05, 0.1) is 5.69 Å². The fourth-order valence-corrected chi connectivity index (χ4v) is 3.66. The molecule has 1 atom stereocenters. The van der Waals surface area contributed by atoms with Gasteiger partial charge in [0.2, 0.25) is 0 Å². The number of thiazole rings is 1. The summed E-state index contributed by atoms with van der Waals surface area (Å²) in [6.45, 7) is 2.96. The first-order valence-electron chi connectivity index (χ1n) is 7.06. The smallest absolute Gasteiger partial charge is 0.303 e. The number of fused-ring (bicyclic) bond motifs is 1. The number of hydrogen-bond donors (Lipinski definition) is 1. The lowest BCUT2D eigenvalue weighted by molar-refractivity contribution is -0.137. The van der Waals surface area contributed by atoms with Gasteiger partial charge in [-0.2, -0.15) is 0 Å². The number of piperidine rings is 1. The number of aromatic nitrogens is 2. The van der Waals surface area contributed by atoms with Crippen molar-refractivity contribution >= 4 is 22.3 Å². The van der Waals surface area contributed by atoms with E-state index in [1.54, 1.807) is 11.3 Å². The number of nitrogens with zero attached hydrogens (tertiary/aromatic N) is 3. The fraction of sp³-hybridized carbons (Fsp3) is 0.571. The maximum Gasteiger partial charge on any atom is 0.303 e. The van der Waals surface area contributed by atoms with Gasteiger partial charge < -0.3 is 5.11 Å². The first-order valence-corrected chi connectivity index (χ1v) is 7.94. The van der Waals surface area contributed by atoms with Crippen LogP contribution in [0.4, 0.5) is 0 Å². The zero-order chi connectivity index (χ0) is 13.9. The lowest BCUT2D eigenvalue weighted by atomic mass is 9.93. The van der Waals surface area contributed by atoms with Gasteiger partial charge in [0.25, 0.3) is 0 Å². The Bertz CT molecular complexity index is 564. The second-order valence-electron chi connectivity index (χ2n) is 5.50. The van der Waals surface area contributed by atoms with Crippen molar-refractivity contribution in [2.24, 2.45) is 5.92 Å². The summed E-state index contributed by atoms with van der Waals surface area (Å²) in [4.78, 5) is 18.7. The number of rotatable bonds is 5. The van der Waals surface area contributed by atoms with Crippen LogP contribution in [0.2, 0.25) is 0 Å². The number of aliphatic carboxylic acids is 1. The number of imidazole rings is 1. The molecule has 1 fully saturated rings. The van der Waals surface area contributed by atoms with E-state index < -0.39 is 5.97 Å². The third-order valence-electron chi connectivity index (χ3n) is 3.90. The highest BCUT2D eigenvalue weighted by molar-refractivity contribution is 7.15. The number of likely N-dealkylation sites (tertiary alicyclic amines) is 1. The normalized spacial score (nSPS) is 20.5. The molecule has 0 radical (unpaired) electrons. The third kappa shape index (κ3) is 3.19. The van der Waals surface area contributed by atoms with Crippen LogP contribution in [0.15, 0.2) is 17.8 Å². The minimum absolute atomic E-state index is 0.290. The first-order chi connectivity index (χ1) is 9.70. The maximum absolute atomic E-state index is 10.7. The monoisotopic (exact) mass is 293 g/mol. The molecule has 1 N–H and O–H groups in total. The van der Waals surface area contributed by atoms with Gasteiger partial charge in [-0.15, -0.1) is 11.3 Å². The molecular weight excluding hydrogens is 274 g/mol. The van der Waals surface area contributed by atoms with Crippen LogP contribution in [0.1, 0.15) is 31.4 Å². The minimum atomic E-state index is -0.684. The zero-order valence-electron chi connectivity index (χ0n) is 11.4. The number of carboxylic acid groups (broad SMARTS) is 1. The van der Waals surface area contributed by atoms with Gasteiger partial charge in [0, 0.05) is 37.3 Å². The highest BCUT2D eigenvalue weighted by Gasteiger charge is 2.21. The SMILES string of the molecule is O=C(O)CCC1CCCN(Cc2cn3ccsc3n2)C1. The van der Waals surface area contributed by atoms with Gasteiger partial charge >= 0.3 is 5.97 Å². The van der Waals surface area contributed by atoms with E-state index in [4.69, 9.17) is 5.11 Å². The quantitative estimate of drug-likeness (QED) is 0.920. The molecule has 6 heteroatoms. The summed E-state index contributed by atoms with van der Waals surface area (Å²) in [6, 6.07) is 0. The molecule has 3 rings (SSSR count). The average molecular weight is 293 g/mol. The van der Waals surface area contributed by atoms with E-state index >= 15 is 0 Å². The van der Waals surface area contributed by atoms with Crippen molar-refractivity contribution in [2.75, 3.05) is 13.1 Å². The van der Waals surface area contributed by atoms with Gasteiger partial charge in [-0.3, -0.25) is 14.1 Å². The summed E-state index contributed by atoms with van der Waals surface area (Å²) < 4.78 is 2.06. The van der Waals surface area contributed by atoms with Crippen LogP contribution in [0.3, 0.4) is 0 Å². The third-order valence-corrected chi connectivity index (χ3v) is 4.67. The number of carboxylic acids is 1. The van der Waals surface area contributed by atoms with Crippen LogP contribution >= 0.6 is 11.3 Å². The molecule has 0 saturated carbocycles. The van der Waals surface area contributed by atoms with Gasteiger partial charge in [-0.05, 0) is 31.7 Å². The molecule has 0 spiro atoms. The molecule has 2 aromatic heterocycles. The van der Waals surface area contributed by atoms with E-state index in [2.05, 4.69) is 20.5 Å². The standard InChI is InChI=1S/C14H19N3O2S/c18-13(19)4-3-11-2-1-5-16(8-11)9-12-10-17-6-7-20-14(17)15-12/h6-7,10-11H,1-5,8-9H2,(H,18,19). The fourth-order valence-electron chi connectivity index (χ4n) is 2.94. The Morgan fingerprint density at radius 3 is 3.25 bits per heavy atom. The van der Waals surface area contributed by atoms with Crippen LogP contribution < -0.4 is 0 Å². The van der Waals surface area contributed by atoms with E-state index in [0.717, 1.165) is 49.6 Å². The molecule has 1 unspecified atom stereocenters. The van der Waals surface area contributed by atoms with Crippen molar-refractivity contribution in [3.63, 3.8) is 0 Å². The lowest BCUT2D eigenvalue weighted by Gasteiger charge is -2.32. The molecule has 108 valence electrons. The Morgan fingerprint density at radius 1 is 1.55 bits per heavy atom. The van der Waals surface area contributed by atoms with Crippen molar-refractivity contribution in [1.29, 1.82) is 0 Å². The second-order valence-corrected chi connectivity index (χ2v) is 6.37. The van der Waals surface area contributed by atoms with Gasteiger partial charge in [0.1, 0.15) is 0 Å². The number of hydrogen-bond acceptors (Lipinski definition) is 4. The Kier molecular flexibility index (Phi) is 4.03. The molecule has 0 bridgehead atoms. The van der Waals surface area contributed by atoms with Crippen molar-refractivity contribution < 1.29 is 9.90 Å². The molecule has 1 saturated heterocycles. The van der Waals surface area contributed by atoms with E-state index in [1.807, 2.05) is 11.6 Å². The van der Waals surface area contributed by atoms with Crippen LogP contribution in [-0.4, -0.2) is 38.4 Å². The predicted molar refractivity (Wildman–Crippen MR) is 77.9 cm³/mol. The number of carbonyl (C=O) groups is 1. The van der Waals surface area contributed by atoms with Gasteiger partial charge in [0.15, 0.2) is 4.96 Å². The van der Waals surface area contributed by atoms with E-state index in [0.29, 0.717) is 12.3 Å². The van der Waals surface area contributed by atoms with Crippen LogP contribution in [-0.2, 0) is 11.3 Å². The van der Waals surface area contributed by atoms with Crippen LogP contribution in [0.25, 0.3) is 4.96 Å². The molecule has 1 aliphatic heterocycles. The van der Waals surface area contributed by atoms with E-state index in [1.165, 1.54) is 0 Å². The Morgan fingerprint density at radius 2 is 2.45 bits per heavy atom. The zero-order valence-corrected chi connectivity index (χ0v) is 12.2. The van der Waals surface area contributed by atoms with Crippen molar-refractivity contribution in [3.8, 4) is 0 Å². The van der Waals surface area contributed by atoms with Gasteiger partial charge in [-0.25, -0.2) is 4.98 Å². The summed E-state index contributed by atoms with van der Waals surface area (Å²) >= 11 is 1.65. The molecule has 0 amide bonds. The molecule has 3 heterocycles. The summed E-state index contributed by atoms with van der Waals surface area (Å²) in [6.07, 6.45) is 7.52. The van der Waals surface area contributed by atoms with Crippen LogP contribution in [0.5, 0.6) is 0 Å². The highest BCUT2D eigenvalue weighted by Crippen LogP contribution is 2.22. The van der Waals surface area contributed by atoms with E-state index in [9.17, 15) is 4.79 Å². The molecule has 0 aliphatic carbocycles. The largest absolute Gasteiger partial charge is 0.481 e. The van der Waals surface area contributed by atoms with Crippen LogP contribution in [0, 0.1) is 5.92 Å². The maximum atomic E-state index is 10.7. The molecular formula is C14H19N3O2S. The predicted octanol–water partition coefficient (Wildman–Crippen LogP) is 2.47. The van der Waals surface area contributed by atoms with Crippen molar-refractivity contribution in [2.45, 2.75) is 32.2 Å². The summed E-state index contributed by atoms with van der Waals surface area (Å²) in [5.74, 6) is -0.167. The van der Waals surface area contributed by atoms with Crippen molar-refractivity contribution in [3.05, 3.63) is 23.5 Å². The Balaban J connectivity index is 1.56. The Labute approximate surface area is 121 Å². The summed E-state index contributed by atoms with van der Waals surface area (Å²) in [7, 11) is 0. The molecule has 2 aromatic rings. The summed E-state index contributed by atoms with van der Waals surface area (Å²) in [5, 5.41) is 10.8. The second kappa shape index (κ2) is 5.93. The molecule has 5 nitrogen and oxygen atoms in total. The average Bonchev–Trinajstić information content (AvgIpc) is 2.97. The first kappa shape index (κ1) is 13.6. The molecule has 1 aliphatic rings. The van der Waals surface area contributed by atoms with Crippen molar-refractivity contribution in [1.82, 2.24) is 14.3 Å². The molecule has 20 heavy (non-hydrogen) atoms. The van der Waals surface area contributed by atoms with E-state index in [-0.39, 0.29) is 0 Å². The Hall–Kier alpha value is -1.40. The summed E-state index contributed by atoms with van der Waals surface area (Å²) in [5.41, 5.74) is 1.11. The topological polar surface area (TPSA) is 57.8 Å². The molecule has 0 aromatic carbocycles.